The van der Waals surface area contributed by atoms with Crippen molar-refractivity contribution in [2.75, 3.05) is 32.7 Å². The minimum absolute atomic E-state index is 0.0812. The quantitative estimate of drug-likeness (QED) is 0.789. The van der Waals surface area contributed by atoms with Crippen molar-refractivity contribution in [1.29, 1.82) is 0 Å². The Morgan fingerprint density at radius 2 is 1.88 bits per heavy atom. The number of hydrogen-bond donors (Lipinski definition) is 2. The molecule has 1 atom stereocenters. The predicted molar refractivity (Wildman–Crippen MR) is 104 cm³/mol. The summed E-state index contributed by atoms with van der Waals surface area (Å²) in [5.74, 6) is 0.178. The number of nitrogens with zero attached hydrogens (tertiary/aromatic N) is 1. The van der Waals surface area contributed by atoms with Gasteiger partial charge in [-0.05, 0) is 36.9 Å². The number of hydrogen-bond acceptors (Lipinski definition) is 3. The van der Waals surface area contributed by atoms with Gasteiger partial charge < -0.3 is 15.1 Å². The molecule has 1 aliphatic heterocycles. The van der Waals surface area contributed by atoms with Gasteiger partial charge in [-0.25, -0.2) is 0 Å². The summed E-state index contributed by atoms with van der Waals surface area (Å²) in [6.45, 7) is 5.64. The topological polar surface area (TPSA) is 53.9 Å². The third-order valence-electron chi connectivity index (χ3n) is 4.97. The van der Waals surface area contributed by atoms with Crippen LogP contribution in [-0.4, -0.2) is 55.5 Å². The fourth-order valence-corrected chi connectivity index (χ4v) is 4.00. The Morgan fingerprint density at radius 1 is 1.15 bits per heavy atom. The molecule has 0 saturated carbocycles. The molecule has 0 spiro atoms. The molecule has 1 aliphatic rings. The van der Waals surface area contributed by atoms with Gasteiger partial charge in [0, 0.05) is 17.0 Å². The van der Waals surface area contributed by atoms with Crippen LogP contribution in [0.2, 0.25) is 0 Å². The molecule has 1 fully saturated rings. The molecule has 138 valence electrons. The maximum Gasteiger partial charge on any atom is 0.278 e. The molecule has 1 saturated heterocycles. The first kappa shape index (κ1) is 18.6. The van der Waals surface area contributed by atoms with Crippen LogP contribution in [0.4, 0.5) is 0 Å². The molecule has 0 bridgehead atoms. The number of nitrogens with one attached hydrogen (secondary N) is 2. The highest BCUT2D eigenvalue weighted by molar-refractivity contribution is 7.09. The molecule has 26 heavy (non-hydrogen) atoms. The minimum atomic E-state index is -0.0905. The van der Waals surface area contributed by atoms with Crippen molar-refractivity contribution in [1.82, 2.24) is 10.2 Å². The van der Waals surface area contributed by atoms with Crippen molar-refractivity contribution in [3.8, 4) is 0 Å². The molecule has 1 aromatic carbocycles. The number of benzene rings is 1. The highest BCUT2D eigenvalue weighted by Gasteiger charge is 2.30. The van der Waals surface area contributed by atoms with Gasteiger partial charge in [-0.15, -0.1) is 11.3 Å². The molecule has 2 aromatic rings. The van der Waals surface area contributed by atoms with E-state index in [4.69, 9.17) is 0 Å². The third-order valence-corrected chi connectivity index (χ3v) is 5.91. The van der Waals surface area contributed by atoms with E-state index < -0.39 is 0 Å². The number of quaternary nitrogens is 1. The van der Waals surface area contributed by atoms with Crippen molar-refractivity contribution in [3.63, 3.8) is 0 Å². The van der Waals surface area contributed by atoms with Gasteiger partial charge >= 0.3 is 0 Å². The van der Waals surface area contributed by atoms with E-state index in [0.717, 1.165) is 25.1 Å². The fourth-order valence-electron chi connectivity index (χ4n) is 3.30. The number of piperazine rings is 1. The van der Waals surface area contributed by atoms with Crippen LogP contribution in [0.25, 0.3) is 0 Å². The van der Waals surface area contributed by atoms with Gasteiger partial charge in [0.15, 0.2) is 6.04 Å². The molecular weight excluding hydrogens is 346 g/mol. The van der Waals surface area contributed by atoms with E-state index in [0.29, 0.717) is 19.6 Å². The molecule has 0 unspecified atom stereocenters. The SMILES string of the molecule is C[C@@H](C(=O)NCCc1cccs1)[NH+]1CCN(C(=O)c2ccccc2)CC1. The van der Waals surface area contributed by atoms with Crippen LogP contribution in [0.3, 0.4) is 0 Å². The van der Waals surface area contributed by atoms with Gasteiger partial charge in [0.1, 0.15) is 0 Å². The van der Waals surface area contributed by atoms with Crippen molar-refractivity contribution in [2.24, 2.45) is 0 Å². The Morgan fingerprint density at radius 3 is 2.54 bits per heavy atom. The summed E-state index contributed by atoms with van der Waals surface area (Å²) >= 11 is 1.72. The van der Waals surface area contributed by atoms with E-state index in [9.17, 15) is 9.59 Å². The van der Waals surface area contributed by atoms with E-state index in [1.54, 1.807) is 11.3 Å². The van der Waals surface area contributed by atoms with Gasteiger partial charge in [0.05, 0.1) is 26.2 Å². The zero-order valence-corrected chi connectivity index (χ0v) is 15.9. The smallest absolute Gasteiger partial charge is 0.278 e. The summed E-state index contributed by atoms with van der Waals surface area (Å²) in [6.07, 6.45) is 0.880. The number of amides is 2. The molecule has 3 rings (SSSR count). The number of carbonyl (C=O) groups excluding carboxylic acids is 2. The maximum absolute atomic E-state index is 12.5. The summed E-state index contributed by atoms with van der Waals surface area (Å²) in [4.78, 5) is 29.3. The van der Waals surface area contributed by atoms with Gasteiger partial charge in [-0.1, -0.05) is 24.3 Å². The average Bonchev–Trinajstić information content (AvgIpc) is 3.21. The molecule has 2 amide bonds. The second-order valence-corrected chi connectivity index (χ2v) is 7.69. The van der Waals surface area contributed by atoms with Crippen LogP contribution < -0.4 is 10.2 Å². The van der Waals surface area contributed by atoms with Crippen LogP contribution in [0.1, 0.15) is 22.2 Å². The summed E-state index contributed by atoms with van der Waals surface area (Å²) < 4.78 is 0. The van der Waals surface area contributed by atoms with E-state index in [1.807, 2.05) is 48.2 Å². The van der Waals surface area contributed by atoms with Crippen molar-refractivity contribution < 1.29 is 14.5 Å². The molecule has 6 heteroatoms. The monoisotopic (exact) mass is 372 g/mol. The predicted octanol–water partition coefficient (Wildman–Crippen LogP) is 0.836. The Bertz CT molecular complexity index is 710. The first-order valence-corrected chi connectivity index (χ1v) is 10.0. The van der Waals surface area contributed by atoms with E-state index in [-0.39, 0.29) is 17.9 Å². The lowest BCUT2D eigenvalue weighted by Gasteiger charge is -2.34. The zero-order chi connectivity index (χ0) is 18.4. The largest absolute Gasteiger partial charge is 0.351 e. The van der Waals surface area contributed by atoms with Gasteiger partial charge in [-0.3, -0.25) is 9.59 Å². The fraction of sp³-hybridized carbons (Fsp3) is 0.400. The summed E-state index contributed by atoms with van der Waals surface area (Å²) in [7, 11) is 0. The van der Waals surface area contributed by atoms with Gasteiger partial charge in [0.25, 0.3) is 11.8 Å². The van der Waals surface area contributed by atoms with Gasteiger partial charge in [-0.2, -0.15) is 0 Å². The molecule has 1 aromatic heterocycles. The highest BCUT2D eigenvalue weighted by atomic mass is 32.1. The maximum atomic E-state index is 12.5. The molecule has 2 heterocycles. The molecule has 0 radical (unpaired) electrons. The molecule has 2 N–H and O–H groups in total. The zero-order valence-electron chi connectivity index (χ0n) is 15.1. The Balaban J connectivity index is 1.43. The lowest BCUT2D eigenvalue weighted by Crippen LogP contribution is -3.19. The Labute approximate surface area is 158 Å². The summed E-state index contributed by atoms with van der Waals surface area (Å²) in [6, 6.07) is 13.4. The van der Waals surface area contributed by atoms with Crippen molar-refractivity contribution in [2.45, 2.75) is 19.4 Å². The first-order valence-electron chi connectivity index (χ1n) is 9.14. The second-order valence-electron chi connectivity index (χ2n) is 6.66. The minimum Gasteiger partial charge on any atom is -0.351 e. The number of rotatable bonds is 6. The van der Waals surface area contributed by atoms with E-state index >= 15 is 0 Å². The average molecular weight is 373 g/mol. The van der Waals surface area contributed by atoms with Crippen molar-refractivity contribution >= 4 is 23.2 Å². The Hall–Kier alpha value is -2.18. The second kappa shape index (κ2) is 8.96. The standard InChI is InChI=1S/C20H25N3O2S/c1-16(19(24)21-10-9-18-8-5-15-26-18)22-11-13-23(14-12-22)20(25)17-6-3-2-4-7-17/h2-8,15-16H,9-14H2,1H3,(H,21,24)/p+1/t16-/m0/s1. The van der Waals surface area contributed by atoms with Crippen molar-refractivity contribution in [3.05, 3.63) is 58.3 Å². The van der Waals surface area contributed by atoms with Crippen LogP contribution in [0.5, 0.6) is 0 Å². The van der Waals surface area contributed by atoms with Crippen LogP contribution in [0, 0.1) is 0 Å². The van der Waals surface area contributed by atoms with Crippen LogP contribution in [-0.2, 0) is 11.2 Å². The normalized spacial score (nSPS) is 16.3. The third kappa shape index (κ3) is 4.71. The Kier molecular flexibility index (Phi) is 6.41. The lowest BCUT2D eigenvalue weighted by molar-refractivity contribution is -0.917. The first-order chi connectivity index (χ1) is 12.6. The number of carbonyl (C=O) groups is 2. The van der Waals surface area contributed by atoms with Crippen LogP contribution in [0.15, 0.2) is 47.8 Å². The summed E-state index contributed by atoms with van der Waals surface area (Å²) in [5, 5.41) is 5.10. The number of thiophene rings is 1. The van der Waals surface area contributed by atoms with Crippen LogP contribution >= 0.6 is 11.3 Å². The molecule has 5 nitrogen and oxygen atoms in total. The summed E-state index contributed by atoms with van der Waals surface area (Å²) in [5.41, 5.74) is 0.732. The molecular formula is C20H26N3O2S+. The van der Waals surface area contributed by atoms with Gasteiger partial charge in [0.2, 0.25) is 0 Å². The van der Waals surface area contributed by atoms with E-state index in [1.165, 1.54) is 9.78 Å². The lowest BCUT2D eigenvalue weighted by atomic mass is 10.1. The van der Waals surface area contributed by atoms with E-state index in [2.05, 4.69) is 16.8 Å². The highest BCUT2D eigenvalue weighted by Crippen LogP contribution is 2.08. The molecule has 0 aliphatic carbocycles.